The summed E-state index contributed by atoms with van der Waals surface area (Å²) >= 11 is 0. The Morgan fingerprint density at radius 3 is 2.76 bits per heavy atom. The van der Waals surface area contributed by atoms with Gasteiger partial charge in [0, 0.05) is 16.5 Å². The number of phenolic OH excluding ortho intramolecular Hbond substituents is 1. The normalized spacial score (nSPS) is 14.8. The van der Waals surface area contributed by atoms with Crippen LogP contribution in [0.5, 0.6) is 5.75 Å². The second-order valence-electron chi connectivity index (χ2n) is 7.81. The van der Waals surface area contributed by atoms with Gasteiger partial charge >= 0.3 is 5.97 Å². The summed E-state index contributed by atoms with van der Waals surface area (Å²) in [6.07, 6.45) is 8.43. The highest BCUT2D eigenvalue weighted by Gasteiger charge is 2.25. The van der Waals surface area contributed by atoms with Crippen LogP contribution in [0.15, 0.2) is 49.1 Å². The summed E-state index contributed by atoms with van der Waals surface area (Å²) in [4.78, 5) is 15.5. The third-order valence-electron chi connectivity index (χ3n) is 6.03. The van der Waals surface area contributed by atoms with Crippen LogP contribution in [0.1, 0.15) is 59.5 Å². The summed E-state index contributed by atoms with van der Waals surface area (Å²) in [6.45, 7) is 3.80. The number of methoxy groups -OCH3 is 1. The lowest BCUT2D eigenvalue weighted by molar-refractivity contribution is 0.0601. The monoisotopic (exact) mass is 389 g/mol. The van der Waals surface area contributed by atoms with Crippen molar-refractivity contribution < 1.29 is 14.6 Å². The number of hydrogen-bond donors (Lipinski definition) is 2. The zero-order valence-electron chi connectivity index (χ0n) is 16.8. The largest absolute Gasteiger partial charge is 0.507 e. The molecule has 2 N–H and O–H groups in total. The van der Waals surface area contributed by atoms with Gasteiger partial charge in [-0.3, -0.25) is 0 Å². The molecule has 1 aliphatic rings. The third kappa shape index (κ3) is 3.55. The van der Waals surface area contributed by atoms with Gasteiger partial charge in [0.2, 0.25) is 0 Å². The van der Waals surface area contributed by atoms with Crippen LogP contribution in [0, 0.1) is 0 Å². The van der Waals surface area contributed by atoms with Gasteiger partial charge in [0.1, 0.15) is 5.75 Å². The molecule has 1 saturated carbocycles. The Labute approximate surface area is 171 Å². The molecular formula is C25H27NO3. The van der Waals surface area contributed by atoms with E-state index in [4.69, 9.17) is 4.74 Å². The van der Waals surface area contributed by atoms with Crippen molar-refractivity contribution in [3.63, 3.8) is 0 Å². The third-order valence-corrected chi connectivity index (χ3v) is 6.03. The molecule has 1 fully saturated rings. The molecule has 0 aliphatic heterocycles. The zero-order valence-corrected chi connectivity index (χ0v) is 16.8. The van der Waals surface area contributed by atoms with Gasteiger partial charge < -0.3 is 14.8 Å². The summed E-state index contributed by atoms with van der Waals surface area (Å²) in [5.41, 5.74) is 5.30. The molecule has 0 atom stereocenters. The van der Waals surface area contributed by atoms with Gasteiger partial charge in [0.05, 0.1) is 18.4 Å². The van der Waals surface area contributed by atoms with Gasteiger partial charge in [-0.25, -0.2) is 4.79 Å². The van der Waals surface area contributed by atoms with Gasteiger partial charge in [-0.2, -0.15) is 0 Å². The summed E-state index contributed by atoms with van der Waals surface area (Å²) in [5.74, 6) is 0.390. The Balaban J connectivity index is 1.93. The van der Waals surface area contributed by atoms with Gasteiger partial charge in [0.15, 0.2) is 0 Å². The Morgan fingerprint density at radius 1 is 1.24 bits per heavy atom. The van der Waals surface area contributed by atoms with E-state index < -0.39 is 0 Å². The fraction of sp³-hybridized carbons (Fsp3) is 0.320. The SMILES string of the molecule is C=CCc1cccc(-c2[nH]c3cc(C(=O)OC)ccc3c2C2CCCCC2)c1O. The first-order chi connectivity index (χ1) is 14.1. The van der Waals surface area contributed by atoms with Crippen molar-refractivity contribution >= 4 is 16.9 Å². The molecule has 2 aromatic carbocycles. The fourth-order valence-corrected chi connectivity index (χ4v) is 4.61. The number of para-hydroxylation sites is 1. The summed E-state index contributed by atoms with van der Waals surface area (Å²) in [6, 6.07) is 11.5. The number of aromatic amines is 1. The van der Waals surface area contributed by atoms with E-state index in [1.54, 1.807) is 6.08 Å². The van der Waals surface area contributed by atoms with Gasteiger partial charge in [0.25, 0.3) is 0 Å². The predicted molar refractivity (Wildman–Crippen MR) is 116 cm³/mol. The molecule has 1 aromatic heterocycles. The average Bonchev–Trinajstić information content (AvgIpc) is 3.13. The second-order valence-corrected chi connectivity index (χ2v) is 7.81. The van der Waals surface area contributed by atoms with Gasteiger partial charge in [-0.05, 0) is 54.5 Å². The maximum atomic E-state index is 12.0. The molecule has 4 rings (SSSR count). The molecule has 0 bridgehead atoms. The van der Waals surface area contributed by atoms with E-state index in [2.05, 4.69) is 11.6 Å². The van der Waals surface area contributed by atoms with E-state index in [0.717, 1.165) is 40.6 Å². The molecule has 0 spiro atoms. The number of aromatic nitrogens is 1. The first kappa shape index (κ1) is 19.3. The highest BCUT2D eigenvalue weighted by Crippen LogP contribution is 2.45. The van der Waals surface area contributed by atoms with Crippen molar-refractivity contribution in [3.05, 3.63) is 65.7 Å². The van der Waals surface area contributed by atoms with E-state index in [9.17, 15) is 9.90 Å². The van der Waals surface area contributed by atoms with E-state index in [0.29, 0.717) is 23.7 Å². The first-order valence-electron chi connectivity index (χ1n) is 10.3. The maximum absolute atomic E-state index is 12.0. The predicted octanol–water partition coefficient (Wildman–Crippen LogP) is 6.10. The fourth-order valence-electron chi connectivity index (χ4n) is 4.61. The number of H-pyrrole nitrogens is 1. The molecule has 4 nitrogen and oxygen atoms in total. The summed E-state index contributed by atoms with van der Waals surface area (Å²) < 4.78 is 4.88. The smallest absolute Gasteiger partial charge is 0.337 e. The van der Waals surface area contributed by atoms with Crippen molar-refractivity contribution in [3.8, 4) is 17.0 Å². The number of phenols is 1. The number of carbonyl (C=O) groups is 1. The van der Waals surface area contributed by atoms with Gasteiger partial charge in [-0.1, -0.05) is 43.5 Å². The average molecular weight is 389 g/mol. The lowest BCUT2D eigenvalue weighted by Gasteiger charge is -2.23. The Bertz CT molecular complexity index is 1060. The topological polar surface area (TPSA) is 62.3 Å². The molecule has 3 aromatic rings. The first-order valence-corrected chi connectivity index (χ1v) is 10.3. The number of ether oxygens (including phenoxy) is 1. The number of esters is 1. The minimum Gasteiger partial charge on any atom is -0.507 e. The standard InChI is InChI=1S/C25H27NO3/c1-3-8-17-11-7-12-20(24(17)27)23-22(16-9-5-4-6-10-16)19-14-13-18(25(28)29-2)15-21(19)26-23/h3,7,11-16,26-27H,1,4-6,8-10H2,2H3. The molecule has 0 radical (unpaired) electrons. The van der Waals surface area contributed by atoms with Crippen LogP contribution in [-0.4, -0.2) is 23.2 Å². The lowest BCUT2D eigenvalue weighted by Crippen LogP contribution is -2.05. The second kappa shape index (κ2) is 8.16. The van der Waals surface area contributed by atoms with Crippen LogP contribution in [0.25, 0.3) is 22.2 Å². The Hall–Kier alpha value is -3.01. The van der Waals surface area contributed by atoms with Gasteiger partial charge in [-0.15, -0.1) is 6.58 Å². The Morgan fingerprint density at radius 2 is 2.03 bits per heavy atom. The molecule has 0 unspecified atom stereocenters. The van der Waals surface area contributed by atoms with E-state index in [-0.39, 0.29) is 5.97 Å². The minimum atomic E-state index is -0.349. The molecule has 150 valence electrons. The minimum absolute atomic E-state index is 0.296. The molecular weight excluding hydrogens is 362 g/mol. The summed E-state index contributed by atoms with van der Waals surface area (Å²) in [5, 5.41) is 12.1. The van der Waals surface area contributed by atoms with Crippen LogP contribution in [0.3, 0.4) is 0 Å². The molecule has 1 heterocycles. The summed E-state index contributed by atoms with van der Waals surface area (Å²) in [7, 11) is 1.39. The maximum Gasteiger partial charge on any atom is 0.337 e. The van der Waals surface area contributed by atoms with E-state index in [1.165, 1.54) is 31.9 Å². The molecule has 0 amide bonds. The number of benzene rings is 2. The van der Waals surface area contributed by atoms with Crippen molar-refractivity contribution in [2.75, 3.05) is 7.11 Å². The van der Waals surface area contributed by atoms with E-state index in [1.807, 2.05) is 36.4 Å². The van der Waals surface area contributed by atoms with Crippen LogP contribution in [0.4, 0.5) is 0 Å². The van der Waals surface area contributed by atoms with Crippen molar-refractivity contribution in [2.24, 2.45) is 0 Å². The number of allylic oxidation sites excluding steroid dienone is 1. The molecule has 1 aliphatic carbocycles. The van der Waals surface area contributed by atoms with Crippen LogP contribution < -0.4 is 0 Å². The number of rotatable bonds is 5. The highest BCUT2D eigenvalue weighted by molar-refractivity contribution is 5.98. The number of hydrogen-bond acceptors (Lipinski definition) is 3. The Kier molecular flexibility index (Phi) is 5.43. The number of carbonyl (C=O) groups excluding carboxylic acids is 1. The van der Waals surface area contributed by atoms with Crippen molar-refractivity contribution in [1.82, 2.24) is 4.98 Å². The van der Waals surface area contributed by atoms with Crippen molar-refractivity contribution in [2.45, 2.75) is 44.4 Å². The van der Waals surface area contributed by atoms with Crippen LogP contribution >= 0.6 is 0 Å². The number of nitrogens with one attached hydrogen (secondary N) is 1. The lowest BCUT2D eigenvalue weighted by atomic mass is 9.81. The number of fused-ring (bicyclic) bond motifs is 1. The highest BCUT2D eigenvalue weighted by atomic mass is 16.5. The number of aromatic hydroxyl groups is 1. The van der Waals surface area contributed by atoms with Crippen molar-refractivity contribution in [1.29, 1.82) is 0 Å². The molecule has 0 saturated heterocycles. The molecule has 29 heavy (non-hydrogen) atoms. The molecule has 4 heteroatoms. The van der Waals surface area contributed by atoms with Crippen LogP contribution in [0.2, 0.25) is 0 Å². The zero-order chi connectivity index (χ0) is 20.4. The van der Waals surface area contributed by atoms with E-state index >= 15 is 0 Å². The van der Waals surface area contributed by atoms with Crippen LogP contribution in [-0.2, 0) is 11.2 Å². The quantitative estimate of drug-likeness (QED) is 0.409.